The van der Waals surface area contributed by atoms with Gasteiger partial charge in [-0.05, 0) is 44.0 Å². The summed E-state index contributed by atoms with van der Waals surface area (Å²) in [6, 6.07) is 8.02. The largest absolute Gasteiger partial charge is 0.494 e. The first kappa shape index (κ1) is 15.4. The minimum atomic E-state index is 0.743. The molecule has 0 bridgehead atoms. The lowest BCUT2D eigenvalue weighted by atomic mass is 10.1. The van der Waals surface area contributed by atoms with Crippen molar-refractivity contribution in [2.75, 3.05) is 12.3 Å². The Labute approximate surface area is 127 Å². The lowest BCUT2D eigenvalue weighted by Crippen LogP contribution is -2.05. The molecule has 4 nitrogen and oxygen atoms in total. The van der Waals surface area contributed by atoms with Gasteiger partial charge in [0, 0.05) is 18.5 Å². The van der Waals surface area contributed by atoms with Crippen molar-refractivity contribution in [2.45, 2.75) is 46.6 Å². The third-order valence-corrected chi connectivity index (χ3v) is 3.48. The molecule has 0 spiro atoms. The molecule has 2 N–H and O–H groups in total. The topological polar surface area (TPSA) is 53.1 Å². The second kappa shape index (κ2) is 7.16. The molecule has 0 aliphatic heterocycles. The van der Waals surface area contributed by atoms with Crippen molar-refractivity contribution in [1.82, 2.24) is 9.55 Å². The van der Waals surface area contributed by atoms with E-state index in [1.807, 2.05) is 24.3 Å². The molecule has 114 valence electrons. The Hall–Kier alpha value is -1.97. The van der Waals surface area contributed by atoms with E-state index in [1.165, 1.54) is 0 Å². The number of ether oxygens (including phenoxy) is 1. The molecule has 0 fully saturated rings. The minimum Gasteiger partial charge on any atom is -0.494 e. The van der Waals surface area contributed by atoms with Crippen LogP contribution in [0.2, 0.25) is 0 Å². The maximum absolute atomic E-state index is 6.26. The van der Waals surface area contributed by atoms with Crippen molar-refractivity contribution in [3.8, 4) is 17.0 Å². The van der Waals surface area contributed by atoms with E-state index in [-0.39, 0.29) is 0 Å². The highest BCUT2D eigenvalue weighted by Gasteiger charge is 2.14. The van der Waals surface area contributed by atoms with Crippen molar-refractivity contribution in [2.24, 2.45) is 0 Å². The Bertz CT molecular complexity index is 572. The van der Waals surface area contributed by atoms with E-state index < -0.39 is 0 Å². The maximum atomic E-state index is 6.26. The number of nitrogens with two attached hydrogens (primary N) is 1. The van der Waals surface area contributed by atoms with Crippen LogP contribution in [0.4, 0.5) is 5.82 Å². The van der Waals surface area contributed by atoms with Gasteiger partial charge in [-0.3, -0.25) is 0 Å². The molecule has 4 heteroatoms. The average molecular weight is 287 g/mol. The summed E-state index contributed by atoms with van der Waals surface area (Å²) in [6.07, 6.45) is 3.03. The summed E-state index contributed by atoms with van der Waals surface area (Å²) in [5, 5.41) is 0. The summed E-state index contributed by atoms with van der Waals surface area (Å²) in [5.41, 5.74) is 8.18. The second-order valence-electron chi connectivity index (χ2n) is 5.13. The third-order valence-electron chi connectivity index (χ3n) is 3.48. The van der Waals surface area contributed by atoms with Crippen molar-refractivity contribution in [3.63, 3.8) is 0 Å². The van der Waals surface area contributed by atoms with E-state index >= 15 is 0 Å². The Morgan fingerprint density at radius 1 is 1.10 bits per heavy atom. The minimum absolute atomic E-state index is 0.743. The number of nitrogens with zero attached hydrogens (tertiary/aromatic N) is 2. The van der Waals surface area contributed by atoms with E-state index in [1.54, 1.807) is 0 Å². The van der Waals surface area contributed by atoms with Crippen molar-refractivity contribution in [1.29, 1.82) is 0 Å². The van der Waals surface area contributed by atoms with Gasteiger partial charge in [0.25, 0.3) is 0 Å². The summed E-state index contributed by atoms with van der Waals surface area (Å²) in [4.78, 5) is 4.73. The van der Waals surface area contributed by atoms with Gasteiger partial charge >= 0.3 is 0 Å². The average Bonchev–Trinajstić information content (AvgIpc) is 2.82. The fourth-order valence-corrected chi connectivity index (χ4v) is 2.42. The Balaban J connectivity index is 2.29. The lowest BCUT2D eigenvalue weighted by Gasteiger charge is -2.06. The number of benzene rings is 1. The zero-order chi connectivity index (χ0) is 15.2. The van der Waals surface area contributed by atoms with E-state index in [0.29, 0.717) is 0 Å². The van der Waals surface area contributed by atoms with Crippen LogP contribution in [0.5, 0.6) is 5.75 Å². The highest BCUT2D eigenvalue weighted by atomic mass is 16.5. The van der Waals surface area contributed by atoms with Crippen LogP contribution >= 0.6 is 0 Å². The predicted octanol–water partition coefficient (Wildman–Crippen LogP) is 3.89. The molecule has 0 radical (unpaired) electrons. The number of hydrogen-bond acceptors (Lipinski definition) is 3. The fraction of sp³-hybridized carbons (Fsp3) is 0.471. The summed E-state index contributed by atoms with van der Waals surface area (Å²) in [7, 11) is 0. The summed E-state index contributed by atoms with van der Waals surface area (Å²) < 4.78 is 7.71. The molecule has 0 atom stereocenters. The molecule has 0 saturated heterocycles. The highest BCUT2D eigenvalue weighted by molar-refractivity contribution is 5.71. The van der Waals surface area contributed by atoms with Crippen LogP contribution in [0, 0.1) is 0 Å². The van der Waals surface area contributed by atoms with Gasteiger partial charge < -0.3 is 15.0 Å². The molecule has 2 aromatic rings. The molecule has 0 aliphatic rings. The molecule has 1 heterocycles. The summed E-state index contributed by atoms with van der Waals surface area (Å²) in [5.74, 6) is 2.71. The Morgan fingerprint density at radius 2 is 1.81 bits per heavy atom. The molecular formula is C17H25N3O. The summed E-state index contributed by atoms with van der Waals surface area (Å²) >= 11 is 0. The molecule has 2 rings (SSSR count). The zero-order valence-corrected chi connectivity index (χ0v) is 13.2. The van der Waals surface area contributed by atoms with Crippen molar-refractivity contribution >= 4 is 5.82 Å². The second-order valence-corrected chi connectivity index (χ2v) is 5.13. The molecule has 1 aromatic heterocycles. The predicted molar refractivity (Wildman–Crippen MR) is 87.5 cm³/mol. The van der Waals surface area contributed by atoms with Crippen molar-refractivity contribution < 1.29 is 4.74 Å². The first-order valence-electron chi connectivity index (χ1n) is 7.79. The van der Waals surface area contributed by atoms with Gasteiger partial charge in [-0.1, -0.05) is 13.8 Å². The lowest BCUT2D eigenvalue weighted by molar-refractivity contribution is 0.317. The number of aromatic nitrogens is 2. The van der Waals surface area contributed by atoms with Crippen LogP contribution in [-0.4, -0.2) is 16.2 Å². The number of imidazole rings is 1. The van der Waals surface area contributed by atoms with E-state index in [2.05, 4.69) is 25.3 Å². The normalized spacial score (nSPS) is 10.8. The first-order chi connectivity index (χ1) is 10.2. The molecule has 1 aromatic carbocycles. The third kappa shape index (κ3) is 3.38. The molecule has 21 heavy (non-hydrogen) atoms. The van der Waals surface area contributed by atoms with E-state index in [9.17, 15) is 0 Å². The monoisotopic (exact) mass is 287 g/mol. The number of aryl methyl sites for hydroxylation is 1. The van der Waals surface area contributed by atoms with Crippen LogP contribution < -0.4 is 10.5 Å². The molecule has 0 unspecified atom stereocenters. The quantitative estimate of drug-likeness (QED) is 0.840. The SMILES string of the molecule is CCCOc1ccc(-c2nc(CCC)n(CC)c2N)cc1. The van der Waals surface area contributed by atoms with Gasteiger partial charge in [-0.25, -0.2) is 4.98 Å². The molecule has 0 aliphatic carbocycles. The van der Waals surface area contributed by atoms with Gasteiger partial charge in [0.1, 0.15) is 23.1 Å². The standard InChI is InChI=1S/C17H25N3O/c1-4-7-15-19-16(17(18)20(15)6-3)13-8-10-14(11-9-13)21-12-5-2/h8-11H,4-7,12,18H2,1-3H3. The van der Waals surface area contributed by atoms with E-state index in [4.69, 9.17) is 15.5 Å². The number of hydrogen-bond donors (Lipinski definition) is 1. The molecular weight excluding hydrogens is 262 g/mol. The van der Waals surface area contributed by atoms with Gasteiger partial charge in [-0.15, -0.1) is 0 Å². The van der Waals surface area contributed by atoms with Crippen LogP contribution in [0.25, 0.3) is 11.3 Å². The van der Waals surface area contributed by atoms with Gasteiger partial charge in [0.15, 0.2) is 0 Å². The Morgan fingerprint density at radius 3 is 2.38 bits per heavy atom. The van der Waals surface area contributed by atoms with Gasteiger partial charge in [0.2, 0.25) is 0 Å². The number of nitrogen functional groups attached to an aromatic ring is 1. The fourth-order valence-electron chi connectivity index (χ4n) is 2.42. The van der Waals surface area contributed by atoms with Gasteiger partial charge in [0.05, 0.1) is 6.61 Å². The molecule has 0 saturated carbocycles. The zero-order valence-electron chi connectivity index (χ0n) is 13.2. The van der Waals surface area contributed by atoms with Crippen LogP contribution in [0.3, 0.4) is 0 Å². The van der Waals surface area contributed by atoms with Crippen LogP contribution in [0.1, 0.15) is 39.4 Å². The molecule has 0 amide bonds. The van der Waals surface area contributed by atoms with Gasteiger partial charge in [-0.2, -0.15) is 0 Å². The number of anilines is 1. The highest BCUT2D eigenvalue weighted by Crippen LogP contribution is 2.28. The van der Waals surface area contributed by atoms with Crippen LogP contribution in [-0.2, 0) is 13.0 Å². The smallest absolute Gasteiger partial charge is 0.131 e. The van der Waals surface area contributed by atoms with Crippen LogP contribution in [0.15, 0.2) is 24.3 Å². The maximum Gasteiger partial charge on any atom is 0.131 e. The Kier molecular flexibility index (Phi) is 5.26. The summed E-state index contributed by atoms with van der Waals surface area (Å²) in [6.45, 7) is 7.95. The first-order valence-corrected chi connectivity index (χ1v) is 7.79. The number of rotatable bonds is 7. The van der Waals surface area contributed by atoms with E-state index in [0.717, 1.165) is 61.1 Å². The van der Waals surface area contributed by atoms with Crippen molar-refractivity contribution in [3.05, 3.63) is 30.1 Å².